The highest BCUT2D eigenvalue weighted by Crippen LogP contribution is 2.22. The van der Waals surface area contributed by atoms with E-state index in [0.717, 1.165) is 44.0 Å². The Morgan fingerprint density at radius 3 is 2.59 bits per heavy atom. The van der Waals surface area contributed by atoms with Crippen LogP contribution < -0.4 is 10.6 Å². The number of piperidine rings is 1. The van der Waals surface area contributed by atoms with Crippen molar-refractivity contribution in [1.29, 1.82) is 0 Å². The van der Waals surface area contributed by atoms with Crippen LogP contribution in [0.1, 0.15) is 18.5 Å². The van der Waals surface area contributed by atoms with Crippen LogP contribution in [0.3, 0.4) is 0 Å². The van der Waals surface area contributed by atoms with E-state index in [-0.39, 0.29) is 12.4 Å². The van der Waals surface area contributed by atoms with Gasteiger partial charge in [-0.1, -0.05) is 0 Å². The molecule has 1 fully saturated rings. The summed E-state index contributed by atoms with van der Waals surface area (Å²) in [5.41, 5.74) is 6.58. The Hall–Kier alpha value is -0.580. The lowest BCUT2D eigenvalue weighted by atomic mass is 9.97. The van der Waals surface area contributed by atoms with Crippen molar-refractivity contribution in [1.82, 2.24) is 9.97 Å². The molecule has 1 aromatic rings. The molecule has 0 amide bonds. The maximum atomic E-state index is 5.86. The predicted molar refractivity (Wildman–Crippen MR) is 73.0 cm³/mol. The zero-order valence-electron chi connectivity index (χ0n) is 9.90. The number of hydrogen-bond donors (Lipinski definition) is 1. The number of nitrogens with zero attached hydrogens (tertiary/aromatic N) is 3. The van der Waals surface area contributed by atoms with Crippen molar-refractivity contribution in [2.24, 2.45) is 11.7 Å². The third-order valence-corrected chi connectivity index (χ3v) is 3.25. The fraction of sp³-hybridized carbons (Fsp3) is 0.636. The van der Waals surface area contributed by atoms with Gasteiger partial charge in [-0.2, -0.15) is 0 Å². The zero-order chi connectivity index (χ0) is 11.5. The standard InChI is InChI=1S/C11H17ClN4.ClH/c1-8-6-10(15-11(12)14-8)16-4-2-9(7-13)3-5-16;/h6,9H,2-5,7,13H2,1H3;1H. The molecule has 0 bridgehead atoms. The Morgan fingerprint density at radius 1 is 1.41 bits per heavy atom. The van der Waals surface area contributed by atoms with E-state index in [0.29, 0.717) is 11.2 Å². The van der Waals surface area contributed by atoms with Gasteiger partial charge in [-0.05, 0) is 43.8 Å². The molecule has 1 aromatic heterocycles. The summed E-state index contributed by atoms with van der Waals surface area (Å²) in [6.07, 6.45) is 2.27. The summed E-state index contributed by atoms with van der Waals surface area (Å²) in [4.78, 5) is 10.6. The fourth-order valence-corrected chi connectivity index (χ4v) is 2.30. The second-order valence-corrected chi connectivity index (χ2v) is 4.64. The molecule has 1 aliphatic rings. The van der Waals surface area contributed by atoms with E-state index >= 15 is 0 Å². The van der Waals surface area contributed by atoms with E-state index in [2.05, 4.69) is 14.9 Å². The van der Waals surface area contributed by atoms with Gasteiger partial charge in [-0.15, -0.1) is 12.4 Å². The number of rotatable bonds is 2. The zero-order valence-corrected chi connectivity index (χ0v) is 11.5. The molecule has 2 N–H and O–H groups in total. The minimum atomic E-state index is 0. The topological polar surface area (TPSA) is 55.0 Å². The number of anilines is 1. The van der Waals surface area contributed by atoms with Crippen molar-refractivity contribution in [2.45, 2.75) is 19.8 Å². The van der Waals surface area contributed by atoms with Crippen LogP contribution in [0.4, 0.5) is 5.82 Å². The number of aryl methyl sites for hydroxylation is 1. The highest BCUT2D eigenvalue weighted by atomic mass is 35.5. The van der Waals surface area contributed by atoms with Crippen LogP contribution in [0, 0.1) is 12.8 Å². The maximum absolute atomic E-state index is 5.86. The fourth-order valence-electron chi connectivity index (χ4n) is 2.08. The van der Waals surface area contributed by atoms with Crippen molar-refractivity contribution in [3.8, 4) is 0 Å². The number of hydrogen-bond acceptors (Lipinski definition) is 4. The Morgan fingerprint density at radius 2 is 2.06 bits per heavy atom. The third kappa shape index (κ3) is 3.69. The lowest BCUT2D eigenvalue weighted by molar-refractivity contribution is 0.413. The summed E-state index contributed by atoms with van der Waals surface area (Å²) >= 11 is 5.86. The van der Waals surface area contributed by atoms with Gasteiger partial charge in [-0.25, -0.2) is 9.97 Å². The van der Waals surface area contributed by atoms with Crippen molar-refractivity contribution in [3.05, 3.63) is 17.0 Å². The van der Waals surface area contributed by atoms with E-state index in [1.165, 1.54) is 0 Å². The molecule has 2 heterocycles. The molecule has 0 spiro atoms. The van der Waals surface area contributed by atoms with Crippen LogP contribution >= 0.6 is 24.0 Å². The van der Waals surface area contributed by atoms with Crippen LogP contribution in [0.15, 0.2) is 6.07 Å². The SMILES string of the molecule is Cc1cc(N2CCC(CN)CC2)nc(Cl)n1.Cl. The molecule has 17 heavy (non-hydrogen) atoms. The molecule has 1 saturated heterocycles. The molecule has 0 aliphatic carbocycles. The Kier molecular flexibility index (Phi) is 5.43. The van der Waals surface area contributed by atoms with Gasteiger partial charge in [0.2, 0.25) is 5.28 Å². The molecule has 0 aromatic carbocycles. The second-order valence-electron chi connectivity index (χ2n) is 4.30. The average Bonchev–Trinajstić information content (AvgIpc) is 2.28. The van der Waals surface area contributed by atoms with Gasteiger partial charge >= 0.3 is 0 Å². The first-order valence-corrected chi connectivity index (χ1v) is 6.03. The molecule has 4 nitrogen and oxygen atoms in total. The summed E-state index contributed by atoms with van der Waals surface area (Å²) < 4.78 is 0. The molecule has 0 radical (unpaired) electrons. The Labute approximate surface area is 113 Å². The normalized spacial score (nSPS) is 16.8. The smallest absolute Gasteiger partial charge is 0.224 e. The molecule has 0 unspecified atom stereocenters. The quantitative estimate of drug-likeness (QED) is 0.840. The average molecular weight is 277 g/mol. The summed E-state index contributed by atoms with van der Waals surface area (Å²) in [5.74, 6) is 1.60. The van der Waals surface area contributed by atoms with Crippen LogP contribution in [0.5, 0.6) is 0 Å². The molecule has 96 valence electrons. The molecule has 0 atom stereocenters. The van der Waals surface area contributed by atoms with E-state index in [9.17, 15) is 0 Å². The Bertz CT molecular complexity index is 344. The summed E-state index contributed by atoms with van der Waals surface area (Å²) in [5, 5.41) is 0.330. The van der Waals surface area contributed by atoms with Crippen molar-refractivity contribution in [2.75, 3.05) is 24.5 Å². The van der Waals surface area contributed by atoms with Gasteiger partial charge in [0.05, 0.1) is 0 Å². The molecular weight excluding hydrogens is 259 g/mol. The van der Waals surface area contributed by atoms with Crippen molar-refractivity contribution >= 4 is 29.8 Å². The lowest BCUT2D eigenvalue weighted by Crippen LogP contribution is -2.36. The molecule has 0 saturated carbocycles. The lowest BCUT2D eigenvalue weighted by Gasteiger charge is -2.32. The van der Waals surface area contributed by atoms with E-state index in [1.54, 1.807) is 0 Å². The van der Waals surface area contributed by atoms with Gasteiger partial charge < -0.3 is 10.6 Å². The van der Waals surface area contributed by atoms with E-state index in [1.807, 2.05) is 13.0 Å². The van der Waals surface area contributed by atoms with Gasteiger partial charge in [0.25, 0.3) is 0 Å². The molecular formula is C11H18Cl2N4. The first-order valence-electron chi connectivity index (χ1n) is 5.65. The second kappa shape index (κ2) is 6.38. The van der Waals surface area contributed by atoms with Crippen LogP contribution in [0.25, 0.3) is 0 Å². The van der Waals surface area contributed by atoms with Gasteiger partial charge in [0.15, 0.2) is 0 Å². The monoisotopic (exact) mass is 276 g/mol. The minimum absolute atomic E-state index is 0. The first-order chi connectivity index (χ1) is 7.69. The minimum Gasteiger partial charge on any atom is -0.356 e. The summed E-state index contributed by atoms with van der Waals surface area (Å²) in [6.45, 7) is 4.74. The van der Waals surface area contributed by atoms with Crippen molar-refractivity contribution < 1.29 is 0 Å². The van der Waals surface area contributed by atoms with E-state index in [4.69, 9.17) is 17.3 Å². The van der Waals surface area contributed by atoms with Crippen molar-refractivity contribution in [3.63, 3.8) is 0 Å². The first kappa shape index (κ1) is 14.5. The number of aromatic nitrogens is 2. The highest BCUT2D eigenvalue weighted by Gasteiger charge is 2.19. The molecule has 6 heteroatoms. The van der Waals surface area contributed by atoms with Crippen LogP contribution in [0.2, 0.25) is 5.28 Å². The summed E-state index contributed by atoms with van der Waals surface area (Å²) in [7, 11) is 0. The van der Waals surface area contributed by atoms with Gasteiger partial charge in [-0.3, -0.25) is 0 Å². The van der Waals surface area contributed by atoms with Crippen LogP contribution in [-0.2, 0) is 0 Å². The highest BCUT2D eigenvalue weighted by molar-refractivity contribution is 6.28. The molecule has 2 rings (SSSR count). The Balaban J connectivity index is 0.00000144. The van der Waals surface area contributed by atoms with E-state index < -0.39 is 0 Å². The third-order valence-electron chi connectivity index (χ3n) is 3.09. The predicted octanol–water partition coefficient (Wildman–Crippen LogP) is 2.04. The summed E-state index contributed by atoms with van der Waals surface area (Å²) in [6, 6.07) is 1.98. The molecule has 1 aliphatic heterocycles. The number of halogens is 2. The van der Waals surface area contributed by atoms with Crippen LogP contribution in [-0.4, -0.2) is 29.6 Å². The van der Waals surface area contributed by atoms with Gasteiger partial charge in [0.1, 0.15) is 5.82 Å². The van der Waals surface area contributed by atoms with Gasteiger partial charge in [0, 0.05) is 24.8 Å². The maximum Gasteiger partial charge on any atom is 0.224 e. The number of nitrogens with two attached hydrogens (primary N) is 1. The largest absolute Gasteiger partial charge is 0.356 e.